The fourth-order valence-electron chi connectivity index (χ4n) is 1.61. The summed E-state index contributed by atoms with van der Waals surface area (Å²) < 4.78 is 0. The zero-order valence-corrected chi connectivity index (χ0v) is 10.2. The van der Waals surface area contributed by atoms with E-state index in [1.165, 1.54) is 23.5 Å². The third-order valence-corrected chi connectivity index (χ3v) is 3.74. The van der Waals surface area contributed by atoms with E-state index >= 15 is 0 Å². The number of nitro benzene ring substituents is 1. The van der Waals surface area contributed by atoms with Crippen LogP contribution < -0.4 is 0 Å². The number of nitrogens with zero attached hydrogens (tertiary/aromatic N) is 1. The van der Waals surface area contributed by atoms with E-state index in [0.29, 0.717) is 0 Å². The molecule has 2 rings (SSSR count). The Labute approximate surface area is 106 Å². The summed E-state index contributed by atoms with van der Waals surface area (Å²) in [6, 6.07) is 7.68. The minimum Gasteiger partial charge on any atom is -0.477 e. The monoisotopic (exact) mass is 263 g/mol. The number of non-ortho nitro benzene ring substituents is 1. The van der Waals surface area contributed by atoms with E-state index in [0.717, 1.165) is 16.0 Å². The Morgan fingerprint density at radius 3 is 2.39 bits per heavy atom. The molecule has 92 valence electrons. The third kappa shape index (κ3) is 2.23. The number of carboxylic acids is 1. The second-order valence-electron chi connectivity index (χ2n) is 3.73. The van der Waals surface area contributed by atoms with Gasteiger partial charge in [-0.3, -0.25) is 10.1 Å². The lowest BCUT2D eigenvalue weighted by Crippen LogP contribution is -1.89. The van der Waals surface area contributed by atoms with Gasteiger partial charge in [0.05, 0.1) is 4.92 Å². The molecule has 6 heteroatoms. The van der Waals surface area contributed by atoms with Crippen LogP contribution in [0.2, 0.25) is 0 Å². The van der Waals surface area contributed by atoms with Crippen LogP contribution in [0.1, 0.15) is 15.2 Å². The summed E-state index contributed by atoms with van der Waals surface area (Å²) in [5, 5.41) is 19.4. The van der Waals surface area contributed by atoms with Crippen molar-refractivity contribution in [1.82, 2.24) is 0 Å². The summed E-state index contributed by atoms with van der Waals surface area (Å²) in [6.45, 7) is 1.82. The van der Waals surface area contributed by atoms with Gasteiger partial charge >= 0.3 is 5.97 Å². The molecule has 0 aliphatic carbocycles. The van der Waals surface area contributed by atoms with Crippen LogP contribution in [-0.4, -0.2) is 16.0 Å². The number of aryl methyl sites for hydroxylation is 1. The fourth-order valence-corrected chi connectivity index (χ4v) is 2.63. The summed E-state index contributed by atoms with van der Waals surface area (Å²) in [6.07, 6.45) is 0. The molecule has 0 atom stereocenters. The molecular weight excluding hydrogens is 254 g/mol. The van der Waals surface area contributed by atoms with Crippen LogP contribution in [0.25, 0.3) is 10.4 Å². The van der Waals surface area contributed by atoms with Crippen LogP contribution >= 0.6 is 11.3 Å². The van der Waals surface area contributed by atoms with Gasteiger partial charge in [-0.15, -0.1) is 11.3 Å². The Morgan fingerprint density at radius 2 is 1.94 bits per heavy atom. The second-order valence-corrected chi connectivity index (χ2v) is 4.78. The van der Waals surface area contributed by atoms with Gasteiger partial charge in [0.15, 0.2) is 0 Å². The minimum absolute atomic E-state index is 0.0198. The molecule has 2 aromatic rings. The van der Waals surface area contributed by atoms with Crippen molar-refractivity contribution in [3.05, 3.63) is 50.9 Å². The smallest absolute Gasteiger partial charge is 0.345 e. The Morgan fingerprint density at radius 1 is 1.33 bits per heavy atom. The molecule has 0 amide bonds. The molecule has 0 aliphatic heterocycles. The van der Waals surface area contributed by atoms with Gasteiger partial charge in [0.1, 0.15) is 4.88 Å². The van der Waals surface area contributed by atoms with Gasteiger partial charge in [-0.1, -0.05) is 0 Å². The highest BCUT2D eigenvalue weighted by Crippen LogP contribution is 2.33. The highest BCUT2D eigenvalue weighted by molar-refractivity contribution is 7.17. The number of benzene rings is 1. The Balaban J connectivity index is 2.42. The van der Waals surface area contributed by atoms with Gasteiger partial charge in [0.25, 0.3) is 5.69 Å². The number of hydrogen-bond acceptors (Lipinski definition) is 4. The molecule has 1 heterocycles. The van der Waals surface area contributed by atoms with Gasteiger partial charge in [-0.25, -0.2) is 4.79 Å². The molecule has 0 spiro atoms. The maximum Gasteiger partial charge on any atom is 0.345 e. The minimum atomic E-state index is -0.962. The van der Waals surface area contributed by atoms with Crippen LogP contribution in [-0.2, 0) is 0 Å². The average molecular weight is 263 g/mol. The zero-order chi connectivity index (χ0) is 13.3. The Kier molecular flexibility index (Phi) is 3.12. The predicted octanol–water partition coefficient (Wildman–Crippen LogP) is 3.33. The Bertz CT molecular complexity index is 616. The summed E-state index contributed by atoms with van der Waals surface area (Å²) >= 11 is 1.17. The largest absolute Gasteiger partial charge is 0.477 e. The maximum atomic E-state index is 10.9. The second kappa shape index (κ2) is 4.58. The molecule has 0 saturated heterocycles. The van der Waals surface area contributed by atoms with Gasteiger partial charge in [0.2, 0.25) is 0 Å². The molecular formula is C12H9NO4S. The summed E-state index contributed by atoms with van der Waals surface area (Å²) in [5.41, 5.74) is 1.66. The van der Waals surface area contributed by atoms with Crippen LogP contribution in [0.4, 0.5) is 5.69 Å². The molecule has 0 fully saturated rings. The molecule has 1 aromatic heterocycles. The van der Waals surface area contributed by atoms with Crippen molar-refractivity contribution in [3.8, 4) is 10.4 Å². The number of carboxylic acid groups (broad SMARTS) is 1. The standard InChI is InChI=1S/C12H9NO4S/c1-7-6-10(12(14)15)18-11(7)8-2-4-9(5-3-8)13(16)17/h2-6H,1H3,(H,14,15). The average Bonchev–Trinajstić information content (AvgIpc) is 2.71. The quantitative estimate of drug-likeness (QED) is 0.680. The van der Waals surface area contributed by atoms with E-state index in [9.17, 15) is 14.9 Å². The first-order chi connectivity index (χ1) is 8.49. The summed E-state index contributed by atoms with van der Waals surface area (Å²) in [4.78, 5) is 22.0. The third-order valence-electron chi connectivity index (χ3n) is 2.47. The van der Waals surface area contributed by atoms with Crippen LogP contribution in [0.3, 0.4) is 0 Å². The van der Waals surface area contributed by atoms with Gasteiger partial charge < -0.3 is 5.11 Å². The topological polar surface area (TPSA) is 80.4 Å². The SMILES string of the molecule is Cc1cc(C(=O)O)sc1-c1ccc([N+](=O)[O-])cc1. The molecule has 18 heavy (non-hydrogen) atoms. The fraction of sp³-hybridized carbons (Fsp3) is 0.0833. The molecule has 5 nitrogen and oxygen atoms in total. The van der Waals surface area contributed by atoms with Crippen molar-refractivity contribution in [2.24, 2.45) is 0 Å². The highest BCUT2D eigenvalue weighted by Gasteiger charge is 2.13. The summed E-state index contributed by atoms with van der Waals surface area (Å²) in [5.74, 6) is -0.962. The van der Waals surface area contributed by atoms with E-state index in [1.54, 1.807) is 18.2 Å². The maximum absolute atomic E-state index is 10.9. The lowest BCUT2D eigenvalue weighted by Gasteiger charge is -1.99. The number of nitro groups is 1. The first-order valence-electron chi connectivity index (χ1n) is 5.07. The van der Waals surface area contributed by atoms with Crippen molar-refractivity contribution in [3.63, 3.8) is 0 Å². The van der Waals surface area contributed by atoms with Crippen LogP contribution in [0, 0.1) is 17.0 Å². The van der Waals surface area contributed by atoms with Crippen molar-refractivity contribution in [2.75, 3.05) is 0 Å². The number of aromatic carboxylic acids is 1. The van der Waals surface area contributed by atoms with Crippen molar-refractivity contribution in [2.45, 2.75) is 6.92 Å². The highest BCUT2D eigenvalue weighted by atomic mass is 32.1. The first kappa shape index (κ1) is 12.3. The molecule has 0 radical (unpaired) electrons. The number of thiophene rings is 1. The number of carbonyl (C=O) groups is 1. The van der Waals surface area contributed by atoms with Gasteiger partial charge in [-0.05, 0) is 36.2 Å². The van der Waals surface area contributed by atoms with E-state index < -0.39 is 10.9 Å². The molecule has 0 bridgehead atoms. The zero-order valence-electron chi connectivity index (χ0n) is 9.41. The molecule has 0 aliphatic rings. The Hall–Kier alpha value is -2.21. The lowest BCUT2D eigenvalue weighted by molar-refractivity contribution is -0.384. The number of rotatable bonds is 3. The van der Waals surface area contributed by atoms with E-state index in [4.69, 9.17) is 5.11 Å². The van der Waals surface area contributed by atoms with Crippen molar-refractivity contribution >= 4 is 23.0 Å². The first-order valence-corrected chi connectivity index (χ1v) is 5.89. The molecule has 1 N–H and O–H groups in total. The van der Waals surface area contributed by atoms with E-state index in [-0.39, 0.29) is 10.6 Å². The molecule has 0 unspecified atom stereocenters. The van der Waals surface area contributed by atoms with Crippen LogP contribution in [0.15, 0.2) is 30.3 Å². The van der Waals surface area contributed by atoms with E-state index in [1.807, 2.05) is 6.92 Å². The van der Waals surface area contributed by atoms with Crippen molar-refractivity contribution < 1.29 is 14.8 Å². The van der Waals surface area contributed by atoms with Crippen molar-refractivity contribution in [1.29, 1.82) is 0 Å². The predicted molar refractivity (Wildman–Crippen MR) is 68.1 cm³/mol. The van der Waals surface area contributed by atoms with E-state index in [2.05, 4.69) is 0 Å². The summed E-state index contributed by atoms with van der Waals surface area (Å²) in [7, 11) is 0. The lowest BCUT2D eigenvalue weighted by atomic mass is 10.1. The molecule has 0 saturated carbocycles. The van der Waals surface area contributed by atoms with Gasteiger partial charge in [-0.2, -0.15) is 0 Å². The molecule has 1 aromatic carbocycles. The normalized spacial score (nSPS) is 10.3. The van der Waals surface area contributed by atoms with Gasteiger partial charge in [0, 0.05) is 17.0 Å². The van der Waals surface area contributed by atoms with Crippen LogP contribution in [0.5, 0.6) is 0 Å². The number of hydrogen-bond donors (Lipinski definition) is 1.